The average Bonchev–Trinajstić information content (AvgIpc) is 2.94. The number of hydrogen-bond acceptors (Lipinski definition) is 4. The Hall–Kier alpha value is -1.14. The fraction of sp³-hybridized carbons (Fsp3) is 0.778. The van der Waals surface area contributed by atoms with Crippen molar-refractivity contribution in [3.8, 4) is 0 Å². The smallest absolute Gasteiger partial charge is 0.191 e. The molecule has 0 amide bonds. The van der Waals surface area contributed by atoms with E-state index in [1.807, 2.05) is 18.4 Å². The van der Waals surface area contributed by atoms with E-state index in [1.54, 1.807) is 0 Å². The lowest BCUT2D eigenvalue weighted by molar-refractivity contribution is 0.167. The van der Waals surface area contributed by atoms with Gasteiger partial charge in [0.2, 0.25) is 0 Å². The quantitative estimate of drug-likeness (QED) is 0.611. The van der Waals surface area contributed by atoms with E-state index in [0.717, 1.165) is 25.3 Å². The van der Waals surface area contributed by atoms with Crippen LogP contribution in [0.15, 0.2) is 4.99 Å². The van der Waals surface area contributed by atoms with Gasteiger partial charge in [-0.05, 0) is 40.0 Å². The van der Waals surface area contributed by atoms with Crippen molar-refractivity contribution in [2.24, 2.45) is 4.99 Å². The van der Waals surface area contributed by atoms with Crippen LogP contribution in [-0.2, 0) is 12.8 Å². The van der Waals surface area contributed by atoms with Crippen molar-refractivity contribution < 1.29 is 0 Å². The number of aromatic nitrogens is 1. The summed E-state index contributed by atoms with van der Waals surface area (Å²) >= 11 is 1.82. The number of guanidine groups is 1. The number of aryl methyl sites for hydroxylation is 2. The van der Waals surface area contributed by atoms with Crippen molar-refractivity contribution in [3.63, 3.8) is 0 Å². The van der Waals surface area contributed by atoms with Crippen molar-refractivity contribution in [1.29, 1.82) is 0 Å². The Kier molecular flexibility index (Phi) is 7.49. The van der Waals surface area contributed by atoms with Gasteiger partial charge in [0, 0.05) is 50.1 Å². The molecule has 1 aliphatic heterocycles. The van der Waals surface area contributed by atoms with Crippen molar-refractivity contribution >= 4 is 17.3 Å². The number of rotatable bonds is 6. The molecule has 5 nitrogen and oxygen atoms in total. The second-order valence-corrected chi connectivity index (χ2v) is 8.05. The molecule has 136 valence electrons. The van der Waals surface area contributed by atoms with Gasteiger partial charge in [0.1, 0.15) is 0 Å². The summed E-state index contributed by atoms with van der Waals surface area (Å²) in [6.45, 7) is 12.1. The third kappa shape index (κ3) is 5.45. The Morgan fingerprint density at radius 3 is 2.62 bits per heavy atom. The predicted octanol–water partition coefficient (Wildman–Crippen LogP) is 2.59. The van der Waals surface area contributed by atoms with Gasteiger partial charge in [-0.3, -0.25) is 4.99 Å². The Morgan fingerprint density at radius 1 is 1.38 bits per heavy atom. The zero-order valence-electron chi connectivity index (χ0n) is 15.9. The lowest BCUT2D eigenvalue weighted by atomic mass is 10.0. The Morgan fingerprint density at radius 2 is 2.08 bits per heavy atom. The fourth-order valence-electron chi connectivity index (χ4n) is 3.16. The van der Waals surface area contributed by atoms with Gasteiger partial charge in [-0.15, -0.1) is 11.3 Å². The minimum atomic E-state index is 0.528. The van der Waals surface area contributed by atoms with Gasteiger partial charge in [0.25, 0.3) is 0 Å². The van der Waals surface area contributed by atoms with Crippen LogP contribution in [0.5, 0.6) is 0 Å². The van der Waals surface area contributed by atoms with Crippen LogP contribution in [0.1, 0.15) is 49.2 Å². The Labute approximate surface area is 151 Å². The van der Waals surface area contributed by atoms with Gasteiger partial charge >= 0.3 is 0 Å². The number of likely N-dealkylation sites (tertiary alicyclic amines) is 1. The van der Waals surface area contributed by atoms with E-state index in [-0.39, 0.29) is 0 Å². The van der Waals surface area contributed by atoms with Gasteiger partial charge in [-0.2, -0.15) is 0 Å². The first-order valence-corrected chi connectivity index (χ1v) is 10.0. The summed E-state index contributed by atoms with van der Waals surface area (Å²) in [6.07, 6.45) is 4.35. The zero-order chi connectivity index (χ0) is 17.5. The van der Waals surface area contributed by atoms with Gasteiger partial charge < -0.3 is 15.5 Å². The number of nitrogens with zero attached hydrogens (tertiary/aromatic N) is 3. The normalized spacial score (nSPS) is 17.5. The SMILES string of the molecule is CCc1nc(CCNC(=NC)NC2CCN(C(C)C)CC2)sc1C. The Balaban J connectivity index is 1.73. The van der Waals surface area contributed by atoms with Crippen molar-refractivity contribution in [3.05, 3.63) is 15.6 Å². The largest absolute Gasteiger partial charge is 0.356 e. The van der Waals surface area contributed by atoms with Crippen LogP contribution in [-0.4, -0.2) is 54.6 Å². The highest BCUT2D eigenvalue weighted by Crippen LogP contribution is 2.18. The molecular weight excluding hydrogens is 318 g/mol. The molecule has 1 saturated heterocycles. The maximum absolute atomic E-state index is 4.70. The maximum Gasteiger partial charge on any atom is 0.191 e. The third-order valence-electron chi connectivity index (χ3n) is 4.73. The van der Waals surface area contributed by atoms with Crippen molar-refractivity contribution in [2.75, 3.05) is 26.7 Å². The number of thiazole rings is 1. The first kappa shape index (κ1) is 19.2. The summed E-state index contributed by atoms with van der Waals surface area (Å²) in [5.41, 5.74) is 1.24. The van der Waals surface area contributed by atoms with Crippen LogP contribution in [0.2, 0.25) is 0 Å². The second-order valence-electron chi connectivity index (χ2n) is 6.76. The predicted molar refractivity (Wildman–Crippen MR) is 104 cm³/mol. The summed E-state index contributed by atoms with van der Waals surface area (Å²) in [5, 5.41) is 8.23. The molecule has 2 N–H and O–H groups in total. The van der Waals surface area contributed by atoms with Gasteiger partial charge in [0.05, 0.1) is 10.7 Å². The van der Waals surface area contributed by atoms with Crippen molar-refractivity contribution in [2.45, 2.75) is 65.5 Å². The molecule has 0 saturated carbocycles. The molecule has 1 aromatic rings. The van der Waals surface area contributed by atoms with Crippen LogP contribution >= 0.6 is 11.3 Å². The lowest BCUT2D eigenvalue weighted by Crippen LogP contribution is -2.50. The molecule has 2 rings (SSSR count). The van der Waals surface area contributed by atoms with E-state index >= 15 is 0 Å². The molecule has 1 fully saturated rings. The first-order valence-electron chi connectivity index (χ1n) is 9.19. The summed E-state index contributed by atoms with van der Waals surface area (Å²) in [5.74, 6) is 0.919. The molecular formula is C18H33N5S. The standard InChI is InChI=1S/C18H33N5S/c1-6-16-14(4)24-17(22-16)7-10-20-18(19-5)21-15-8-11-23(12-9-15)13(2)3/h13,15H,6-12H2,1-5H3,(H2,19,20,21). The van der Waals surface area contributed by atoms with Crippen LogP contribution in [0.25, 0.3) is 0 Å². The fourth-order valence-corrected chi connectivity index (χ4v) is 4.18. The molecule has 0 spiro atoms. The van der Waals surface area contributed by atoms with E-state index in [1.165, 1.54) is 41.5 Å². The monoisotopic (exact) mass is 351 g/mol. The molecule has 0 unspecified atom stereocenters. The topological polar surface area (TPSA) is 52.6 Å². The molecule has 24 heavy (non-hydrogen) atoms. The molecule has 1 aromatic heterocycles. The molecule has 0 aromatic carbocycles. The number of nitrogens with one attached hydrogen (secondary N) is 2. The minimum absolute atomic E-state index is 0.528. The van der Waals surface area contributed by atoms with Gasteiger partial charge in [-0.25, -0.2) is 4.98 Å². The number of aliphatic imine (C=N–C) groups is 1. The van der Waals surface area contributed by atoms with E-state index in [4.69, 9.17) is 4.98 Å². The summed E-state index contributed by atoms with van der Waals surface area (Å²) in [7, 11) is 1.85. The first-order chi connectivity index (χ1) is 11.5. The minimum Gasteiger partial charge on any atom is -0.356 e. The molecule has 0 atom stereocenters. The highest BCUT2D eigenvalue weighted by molar-refractivity contribution is 7.11. The van der Waals surface area contributed by atoms with Crippen LogP contribution in [0, 0.1) is 6.92 Å². The molecule has 1 aliphatic rings. The average molecular weight is 352 g/mol. The van der Waals surface area contributed by atoms with Crippen molar-refractivity contribution in [1.82, 2.24) is 20.5 Å². The van der Waals surface area contributed by atoms with Gasteiger partial charge in [0.15, 0.2) is 5.96 Å². The van der Waals surface area contributed by atoms with E-state index in [2.05, 4.69) is 48.2 Å². The summed E-state index contributed by atoms with van der Waals surface area (Å²) in [4.78, 5) is 13.0. The molecule has 0 aliphatic carbocycles. The number of hydrogen-bond donors (Lipinski definition) is 2. The van der Waals surface area contributed by atoms with Gasteiger partial charge in [-0.1, -0.05) is 6.92 Å². The molecule has 2 heterocycles. The highest BCUT2D eigenvalue weighted by Gasteiger charge is 2.21. The highest BCUT2D eigenvalue weighted by atomic mass is 32.1. The third-order valence-corrected chi connectivity index (χ3v) is 5.80. The molecule has 0 radical (unpaired) electrons. The van der Waals surface area contributed by atoms with Crippen LogP contribution in [0.4, 0.5) is 0 Å². The zero-order valence-corrected chi connectivity index (χ0v) is 16.7. The molecule has 0 bridgehead atoms. The summed E-state index contributed by atoms with van der Waals surface area (Å²) in [6, 6.07) is 1.18. The maximum atomic E-state index is 4.70. The van der Waals surface area contributed by atoms with Crippen LogP contribution in [0.3, 0.4) is 0 Å². The van der Waals surface area contributed by atoms with E-state index in [0.29, 0.717) is 12.1 Å². The van der Waals surface area contributed by atoms with Crippen LogP contribution < -0.4 is 10.6 Å². The number of piperidine rings is 1. The van der Waals surface area contributed by atoms with E-state index in [9.17, 15) is 0 Å². The molecule has 6 heteroatoms. The Bertz CT molecular complexity index is 530. The lowest BCUT2D eigenvalue weighted by Gasteiger charge is -2.35. The van der Waals surface area contributed by atoms with E-state index < -0.39 is 0 Å². The summed E-state index contributed by atoms with van der Waals surface area (Å²) < 4.78 is 0. The second kappa shape index (κ2) is 9.37.